The maximum absolute atomic E-state index is 3.98. The van der Waals surface area contributed by atoms with E-state index in [-0.39, 0.29) is 0 Å². The summed E-state index contributed by atoms with van der Waals surface area (Å²) in [5, 5.41) is 7.80. The van der Waals surface area contributed by atoms with E-state index in [1.807, 2.05) is 10.9 Å². The van der Waals surface area contributed by atoms with Gasteiger partial charge in [-0.15, -0.1) is 5.10 Å². The van der Waals surface area contributed by atoms with Crippen molar-refractivity contribution >= 4 is 0 Å². The van der Waals surface area contributed by atoms with Crippen LogP contribution < -0.4 is 0 Å². The molecule has 88 valence electrons. The first kappa shape index (κ1) is 10.5. The molecule has 2 heterocycles. The molecule has 0 spiro atoms. The lowest BCUT2D eigenvalue weighted by atomic mass is 10.00. The van der Waals surface area contributed by atoms with Crippen LogP contribution in [0, 0.1) is 0 Å². The fourth-order valence-electron chi connectivity index (χ4n) is 2.34. The molecule has 1 aromatic heterocycles. The quantitative estimate of drug-likeness (QED) is 0.795. The molecule has 4 heteroatoms. The molecule has 0 N–H and O–H groups in total. The number of nitrogens with zero attached hydrogens (tertiary/aromatic N) is 4. The Kier molecular flexibility index (Phi) is 2.88. The number of rotatable bonds is 3. The van der Waals surface area contributed by atoms with Crippen LogP contribution in [0.4, 0.5) is 0 Å². The van der Waals surface area contributed by atoms with Crippen molar-refractivity contribution in [2.45, 2.75) is 19.5 Å². The summed E-state index contributed by atoms with van der Waals surface area (Å²) in [6.07, 6.45) is 4.80. The number of fused-ring (bicyclic) bond motifs is 1. The summed E-state index contributed by atoms with van der Waals surface area (Å²) in [5.41, 5.74) is 2.97. The molecule has 0 atom stereocenters. The number of benzene rings is 1. The highest BCUT2D eigenvalue weighted by Gasteiger charge is 2.14. The first-order valence-electron chi connectivity index (χ1n) is 6.05. The molecule has 0 bridgehead atoms. The fourth-order valence-corrected chi connectivity index (χ4v) is 2.34. The Morgan fingerprint density at radius 3 is 2.82 bits per heavy atom. The van der Waals surface area contributed by atoms with Crippen LogP contribution in [0.3, 0.4) is 0 Å². The lowest BCUT2D eigenvalue weighted by Crippen LogP contribution is -2.33. The zero-order valence-electron chi connectivity index (χ0n) is 9.79. The molecule has 0 unspecified atom stereocenters. The highest BCUT2D eigenvalue weighted by Crippen LogP contribution is 2.17. The molecule has 2 aromatic rings. The summed E-state index contributed by atoms with van der Waals surface area (Å²) in [7, 11) is 0. The van der Waals surface area contributed by atoms with E-state index in [4.69, 9.17) is 0 Å². The highest BCUT2D eigenvalue weighted by atomic mass is 15.4. The fraction of sp³-hybridized carbons (Fsp3) is 0.385. The zero-order valence-corrected chi connectivity index (χ0v) is 9.79. The van der Waals surface area contributed by atoms with Crippen molar-refractivity contribution in [3.05, 3.63) is 47.8 Å². The molecule has 0 fully saturated rings. The van der Waals surface area contributed by atoms with Crippen molar-refractivity contribution in [3.63, 3.8) is 0 Å². The summed E-state index contributed by atoms with van der Waals surface area (Å²) < 4.78 is 1.89. The van der Waals surface area contributed by atoms with Gasteiger partial charge >= 0.3 is 0 Å². The van der Waals surface area contributed by atoms with Gasteiger partial charge < -0.3 is 0 Å². The van der Waals surface area contributed by atoms with E-state index in [2.05, 4.69) is 39.5 Å². The van der Waals surface area contributed by atoms with Gasteiger partial charge in [0.15, 0.2) is 0 Å². The zero-order chi connectivity index (χ0) is 11.5. The third-order valence-electron chi connectivity index (χ3n) is 3.33. The minimum atomic E-state index is 0.919. The summed E-state index contributed by atoms with van der Waals surface area (Å²) in [6.45, 7) is 4.16. The second-order valence-corrected chi connectivity index (χ2v) is 4.46. The Balaban J connectivity index is 1.61. The van der Waals surface area contributed by atoms with Crippen LogP contribution in [0.15, 0.2) is 36.7 Å². The molecule has 0 saturated heterocycles. The van der Waals surface area contributed by atoms with E-state index >= 15 is 0 Å². The van der Waals surface area contributed by atoms with E-state index in [0.29, 0.717) is 0 Å². The Bertz CT molecular complexity index is 478. The molecule has 4 nitrogen and oxygen atoms in total. The molecule has 0 radical (unpaired) electrons. The van der Waals surface area contributed by atoms with Gasteiger partial charge in [-0.2, -0.15) is 0 Å². The molecule has 1 aromatic carbocycles. The van der Waals surface area contributed by atoms with Crippen LogP contribution in [-0.4, -0.2) is 33.0 Å². The summed E-state index contributed by atoms with van der Waals surface area (Å²) in [5.74, 6) is 0. The second kappa shape index (κ2) is 4.67. The topological polar surface area (TPSA) is 34.0 Å². The van der Waals surface area contributed by atoms with E-state index in [1.165, 1.54) is 11.1 Å². The summed E-state index contributed by atoms with van der Waals surface area (Å²) in [4.78, 5) is 2.48. The third kappa shape index (κ3) is 2.36. The minimum Gasteiger partial charge on any atom is -0.297 e. The first-order valence-corrected chi connectivity index (χ1v) is 6.05. The van der Waals surface area contributed by atoms with Crippen LogP contribution in [-0.2, 0) is 19.5 Å². The average Bonchev–Trinajstić information content (AvgIpc) is 2.89. The van der Waals surface area contributed by atoms with Gasteiger partial charge in [-0.1, -0.05) is 29.5 Å². The molecule has 3 rings (SSSR count). The standard InChI is InChI=1S/C13H16N4/c1-2-4-13-11-16(7-5-12(13)3-1)9-10-17-8-6-14-15-17/h1-4,6,8H,5,7,9-11H2. The van der Waals surface area contributed by atoms with Crippen LogP contribution >= 0.6 is 0 Å². The summed E-state index contributed by atoms with van der Waals surface area (Å²) >= 11 is 0. The van der Waals surface area contributed by atoms with Gasteiger partial charge in [-0.25, -0.2) is 0 Å². The van der Waals surface area contributed by atoms with Crippen molar-refractivity contribution in [3.8, 4) is 0 Å². The molecule has 0 aliphatic carbocycles. The summed E-state index contributed by atoms with van der Waals surface area (Å²) in [6, 6.07) is 8.73. The lowest BCUT2D eigenvalue weighted by Gasteiger charge is -2.28. The molecule has 0 amide bonds. The van der Waals surface area contributed by atoms with Gasteiger partial charge in [0, 0.05) is 25.8 Å². The van der Waals surface area contributed by atoms with Gasteiger partial charge in [0.1, 0.15) is 0 Å². The Labute approximate surface area is 101 Å². The Morgan fingerprint density at radius 1 is 1.12 bits per heavy atom. The predicted octanol–water partition coefficient (Wildman–Crippen LogP) is 1.34. The molecular weight excluding hydrogens is 212 g/mol. The average molecular weight is 228 g/mol. The molecular formula is C13H16N4. The SMILES string of the molecule is c1ccc2c(c1)CCN(CCn1ccnn1)C2. The van der Waals surface area contributed by atoms with E-state index in [0.717, 1.165) is 32.6 Å². The van der Waals surface area contributed by atoms with Crippen molar-refractivity contribution in [1.29, 1.82) is 0 Å². The van der Waals surface area contributed by atoms with Crippen LogP contribution in [0.2, 0.25) is 0 Å². The van der Waals surface area contributed by atoms with Crippen LogP contribution in [0.5, 0.6) is 0 Å². The van der Waals surface area contributed by atoms with Crippen LogP contribution in [0.1, 0.15) is 11.1 Å². The van der Waals surface area contributed by atoms with Crippen molar-refractivity contribution in [2.24, 2.45) is 0 Å². The third-order valence-corrected chi connectivity index (χ3v) is 3.33. The van der Waals surface area contributed by atoms with E-state index < -0.39 is 0 Å². The molecule has 17 heavy (non-hydrogen) atoms. The second-order valence-electron chi connectivity index (χ2n) is 4.46. The normalized spacial score (nSPS) is 15.8. The maximum Gasteiger partial charge on any atom is 0.0692 e. The van der Waals surface area contributed by atoms with E-state index in [1.54, 1.807) is 6.20 Å². The van der Waals surface area contributed by atoms with Crippen molar-refractivity contribution in [2.75, 3.05) is 13.1 Å². The van der Waals surface area contributed by atoms with Crippen molar-refractivity contribution in [1.82, 2.24) is 19.9 Å². The smallest absolute Gasteiger partial charge is 0.0692 e. The molecule has 1 aliphatic heterocycles. The number of aromatic nitrogens is 3. The number of hydrogen-bond donors (Lipinski definition) is 0. The lowest BCUT2D eigenvalue weighted by molar-refractivity contribution is 0.239. The van der Waals surface area contributed by atoms with Gasteiger partial charge in [0.25, 0.3) is 0 Å². The van der Waals surface area contributed by atoms with Gasteiger partial charge in [-0.3, -0.25) is 9.58 Å². The first-order chi connectivity index (χ1) is 8.42. The Hall–Kier alpha value is -1.68. The van der Waals surface area contributed by atoms with Crippen molar-refractivity contribution < 1.29 is 0 Å². The van der Waals surface area contributed by atoms with Crippen LogP contribution in [0.25, 0.3) is 0 Å². The number of hydrogen-bond acceptors (Lipinski definition) is 3. The molecule has 1 aliphatic rings. The predicted molar refractivity (Wildman–Crippen MR) is 65.4 cm³/mol. The van der Waals surface area contributed by atoms with E-state index in [9.17, 15) is 0 Å². The largest absolute Gasteiger partial charge is 0.297 e. The van der Waals surface area contributed by atoms with Gasteiger partial charge in [0.05, 0.1) is 12.7 Å². The van der Waals surface area contributed by atoms with Gasteiger partial charge in [-0.05, 0) is 17.5 Å². The monoisotopic (exact) mass is 228 g/mol. The van der Waals surface area contributed by atoms with Gasteiger partial charge in [0.2, 0.25) is 0 Å². The minimum absolute atomic E-state index is 0.919. The molecule has 0 saturated carbocycles. The highest BCUT2D eigenvalue weighted by molar-refractivity contribution is 5.28. The Morgan fingerprint density at radius 2 is 2.00 bits per heavy atom. The maximum atomic E-state index is 3.98.